The molecule has 0 fully saturated rings. The molecule has 1 aromatic heterocycles. The van der Waals surface area contributed by atoms with Crippen molar-refractivity contribution in [1.82, 2.24) is 9.88 Å². The third kappa shape index (κ3) is 3.40. The van der Waals surface area contributed by atoms with Gasteiger partial charge < -0.3 is 9.32 Å². The monoisotopic (exact) mass is 444 g/mol. The minimum atomic E-state index is -3.43. The molecule has 1 aliphatic heterocycles. The van der Waals surface area contributed by atoms with Gasteiger partial charge in [-0.3, -0.25) is 4.79 Å². The van der Waals surface area contributed by atoms with Gasteiger partial charge in [0.25, 0.3) is 5.91 Å². The molecule has 6 nitrogen and oxygen atoms in total. The molecule has 0 radical (unpaired) electrons. The summed E-state index contributed by atoms with van der Waals surface area (Å²) in [7, 11) is -1.80. The van der Waals surface area contributed by atoms with Crippen LogP contribution in [0.4, 0.5) is 0 Å². The van der Waals surface area contributed by atoms with E-state index in [4.69, 9.17) is 4.42 Å². The molecular weight excluding hydrogens is 424 g/mol. The van der Waals surface area contributed by atoms with Crippen molar-refractivity contribution >= 4 is 15.7 Å². The Balaban J connectivity index is 1.50. The minimum Gasteiger partial charge on any atom is -0.436 e. The Morgan fingerprint density at radius 3 is 2.47 bits per heavy atom. The Morgan fingerprint density at radius 1 is 0.969 bits per heavy atom. The highest BCUT2D eigenvalue weighted by Gasteiger charge is 2.38. The van der Waals surface area contributed by atoms with Crippen LogP contribution < -0.4 is 0 Å². The zero-order valence-corrected chi connectivity index (χ0v) is 18.1. The van der Waals surface area contributed by atoms with Crippen molar-refractivity contribution in [3.63, 3.8) is 0 Å². The van der Waals surface area contributed by atoms with Crippen LogP contribution >= 0.6 is 0 Å². The highest BCUT2D eigenvalue weighted by atomic mass is 32.2. The predicted octanol–water partition coefficient (Wildman–Crippen LogP) is 4.61. The smallest absolute Gasteiger partial charge is 0.254 e. The molecule has 5 rings (SSSR count). The van der Waals surface area contributed by atoms with E-state index in [1.54, 1.807) is 55.7 Å². The Bertz CT molecular complexity index is 1410. The maximum Gasteiger partial charge on any atom is 0.254 e. The van der Waals surface area contributed by atoms with Gasteiger partial charge in [-0.25, -0.2) is 13.4 Å². The number of benzene rings is 3. The van der Waals surface area contributed by atoms with Crippen molar-refractivity contribution in [1.29, 1.82) is 0 Å². The summed E-state index contributed by atoms with van der Waals surface area (Å²) in [5, 5.41) is 0. The first kappa shape index (κ1) is 20.2. The average molecular weight is 445 g/mol. The lowest BCUT2D eigenvalue weighted by Crippen LogP contribution is -2.32. The molecule has 1 unspecified atom stereocenters. The van der Waals surface area contributed by atoms with Crippen molar-refractivity contribution < 1.29 is 17.6 Å². The van der Waals surface area contributed by atoms with Gasteiger partial charge in [-0.1, -0.05) is 60.7 Å². The standard InChI is InChI=1S/C25H20N2O4S/c1-27(21-16-32(29,30)23-14-8-7-13-20(21)23)25(28)19-12-6-5-11-18(19)24-26-15-22(31-24)17-9-3-2-4-10-17/h2-15,21H,16H2,1H3. The Kier molecular flexibility index (Phi) is 4.90. The van der Waals surface area contributed by atoms with Gasteiger partial charge in [-0.05, 0) is 23.8 Å². The zero-order valence-electron chi connectivity index (χ0n) is 17.3. The molecular formula is C25H20N2O4S. The number of nitrogens with zero attached hydrogens (tertiary/aromatic N) is 2. The first-order valence-electron chi connectivity index (χ1n) is 10.2. The number of oxazole rings is 1. The number of hydrogen-bond donors (Lipinski definition) is 0. The number of carbonyl (C=O) groups is 1. The maximum atomic E-state index is 13.5. The van der Waals surface area contributed by atoms with Gasteiger partial charge in [0.2, 0.25) is 5.89 Å². The normalized spacial score (nSPS) is 16.5. The van der Waals surface area contributed by atoms with Crippen molar-refractivity contribution in [2.24, 2.45) is 0 Å². The van der Waals surface area contributed by atoms with Crippen LogP contribution in [0.2, 0.25) is 0 Å². The summed E-state index contributed by atoms with van der Waals surface area (Å²) >= 11 is 0. The highest BCUT2D eigenvalue weighted by molar-refractivity contribution is 7.91. The van der Waals surface area contributed by atoms with Crippen LogP contribution in [0, 0.1) is 0 Å². The molecule has 0 bridgehead atoms. The van der Waals surface area contributed by atoms with Crippen molar-refractivity contribution in [3.8, 4) is 22.8 Å². The molecule has 0 aliphatic carbocycles. The number of sulfone groups is 1. The highest BCUT2D eigenvalue weighted by Crippen LogP contribution is 2.37. The van der Waals surface area contributed by atoms with Crippen molar-refractivity contribution in [3.05, 3.63) is 96.2 Å². The molecule has 4 aromatic rings. The molecule has 1 amide bonds. The molecule has 160 valence electrons. The third-order valence-electron chi connectivity index (χ3n) is 5.73. The fourth-order valence-electron chi connectivity index (χ4n) is 4.07. The number of rotatable bonds is 4. The molecule has 3 aromatic carbocycles. The van der Waals surface area contributed by atoms with E-state index >= 15 is 0 Å². The zero-order chi connectivity index (χ0) is 22.3. The van der Waals surface area contributed by atoms with Gasteiger partial charge in [-0.2, -0.15) is 0 Å². The van der Waals surface area contributed by atoms with Crippen LogP contribution in [-0.2, 0) is 9.84 Å². The van der Waals surface area contributed by atoms with Crippen LogP contribution in [0.15, 0.2) is 94.4 Å². The molecule has 1 aliphatic rings. The van der Waals surface area contributed by atoms with Gasteiger partial charge >= 0.3 is 0 Å². The topological polar surface area (TPSA) is 80.5 Å². The summed E-state index contributed by atoms with van der Waals surface area (Å²) in [6.07, 6.45) is 1.63. The van der Waals surface area contributed by atoms with Gasteiger partial charge in [0.05, 0.1) is 28.5 Å². The predicted molar refractivity (Wildman–Crippen MR) is 121 cm³/mol. The van der Waals surface area contributed by atoms with Crippen molar-refractivity contribution in [2.75, 3.05) is 12.8 Å². The summed E-state index contributed by atoms with van der Waals surface area (Å²) in [6, 6.07) is 23.0. The molecule has 2 heterocycles. The van der Waals surface area contributed by atoms with E-state index in [0.717, 1.165) is 5.56 Å². The SMILES string of the molecule is CN(C(=O)c1ccccc1-c1ncc(-c2ccccc2)o1)C1CS(=O)(=O)c2ccccc21. The van der Waals surface area contributed by atoms with Crippen LogP contribution in [0.25, 0.3) is 22.8 Å². The van der Waals surface area contributed by atoms with E-state index in [9.17, 15) is 13.2 Å². The fraction of sp³-hybridized carbons (Fsp3) is 0.120. The van der Waals surface area contributed by atoms with Gasteiger partial charge in [-0.15, -0.1) is 0 Å². The van der Waals surface area contributed by atoms with E-state index in [2.05, 4.69) is 4.98 Å². The van der Waals surface area contributed by atoms with Gasteiger partial charge in [0.1, 0.15) is 0 Å². The first-order valence-corrected chi connectivity index (χ1v) is 11.8. The second-order valence-corrected chi connectivity index (χ2v) is 9.70. The summed E-state index contributed by atoms with van der Waals surface area (Å²) in [6.45, 7) is 0. The molecule has 0 saturated heterocycles. The van der Waals surface area contributed by atoms with E-state index in [1.165, 1.54) is 4.90 Å². The summed E-state index contributed by atoms with van der Waals surface area (Å²) in [5.74, 6) is 0.512. The maximum absolute atomic E-state index is 13.5. The largest absolute Gasteiger partial charge is 0.436 e. The molecule has 0 N–H and O–H groups in total. The molecule has 32 heavy (non-hydrogen) atoms. The summed E-state index contributed by atoms with van der Waals surface area (Å²) in [4.78, 5) is 19.7. The molecule has 0 spiro atoms. The molecule has 0 saturated carbocycles. The lowest BCUT2D eigenvalue weighted by Gasteiger charge is -2.25. The molecule has 1 atom stereocenters. The van der Waals surface area contributed by atoms with Gasteiger partial charge in [0.15, 0.2) is 15.6 Å². The van der Waals surface area contributed by atoms with Crippen molar-refractivity contribution in [2.45, 2.75) is 10.9 Å². The second-order valence-electron chi connectivity index (χ2n) is 7.69. The first-order chi connectivity index (χ1) is 15.5. The fourth-order valence-corrected chi connectivity index (χ4v) is 5.92. The lowest BCUT2D eigenvalue weighted by atomic mass is 10.0. The quantitative estimate of drug-likeness (QED) is 0.459. The number of hydrogen-bond acceptors (Lipinski definition) is 5. The van der Waals surface area contributed by atoms with Crippen LogP contribution in [0.1, 0.15) is 22.0 Å². The third-order valence-corrected chi connectivity index (χ3v) is 7.53. The number of fused-ring (bicyclic) bond motifs is 1. The summed E-state index contributed by atoms with van der Waals surface area (Å²) in [5.41, 5.74) is 2.49. The van der Waals surface area contributed by atoms with E-state index < -0.39 is 15.9 Å². The summed E-state index contributed by atoms with van der Waals surface area (Å²) < 4.78 is 31.1. The van der Waals surface area contributed by atoms with Gasteiger partial charge in [0, 0.05) is 18.2 Å². The Morgan fingerprint density at radius 2 is 1.66 bits per heavy atom. The van der Waals surface area contributed by atoms with Crippen LogP contribution in [0.3, 0.4) is 0 Å². The number of amides is 1. The van der Waals surface area contributed by atoms with Crippen LogP contribution in [-0.4, -0.2) is 37.0 Å². The van der Waals surface area contributed by atoms with E-state index in [0.29, 0.717) is 28.3 Å². The average Bonchev–Trinajstić information content (AvgIpc) is 3.42. The Hall–Kier alpha value is -3.71. The van der Waals surface area contributed by atoms with E-state index in [1.807, 2.05) is 36.4 Å². The minimum absolute atomic E-state index is 0.131. The van der Waals surface area contributed by atoms with Crippen LogP contribution in [0.5, 0.6) is 0 Å². The number of aromatic nitrogens is 1. The Labute approximate surface area is 186 Å². The van der Waals surface area contributed by atoms with E-state index in [-0.39, 0.29) is 16.6 Å². The molecule has 7 heteroatoms. The lowest BCUT2D eigenvalue weighted by molar-refractivity contribution is 0.0746. The second kappa shape index (κ2) is 7.76. The number of carbonyl (C=O) groups excluding carboxylic acids is 1.